The Morgan fingerprint density at radius 2 is 1.94 bits per heavy atom. The number of primary amides is 1. The highest BCUT2D eigenvalue weighted by Crippen LogP contribution is 2.20. The van der Waals surface area contributed by atoms with Gasteiger partial charge in [0.05, 0.1) is 6.61 Å². The molecule has 1 aromatic rings. The third-order valence-electron chi connectivity index (χ3n) is 2.97. The normalized spacial score (nSPS) is 10.4. The van der Waals surface area contributed by atoms with E-state index in [4.69, 9.17) is 15.2 Å². The molecule has 18 heavy (non-hydrogen) atoms. The van der Waals surface area contributed by atoms with Crippen molar-refractivity contribution in [1.82, 2.24) is 0 Å². The van der Waals surface area contributed by atoms with Crippen molar-refractivity contribution in [2.24, 2.45) is 11.7 Å². The van der Waals surface area contributed by atoms with Gasteiger partial charge in [0.1, 0.15) is 12.4 Å². The number of carbonyl (C=O) groups excluding carboxylic acids is 1. The van der Waals surface area contributed by atoms with Gasteiger partial charge >= 0.3 is 6.09 Å². The topological polar surface area (TPSA) is 61.6 Å². The molecule has 0 saturated carbocycles. The number of ether oxygens (including phenoxy) is 2. The van der Waals surface area contributed by atoms with Gasteiger partial charge in [0.2, 0.25) is 0 Å². The monoisotopic (exact) mass is 251 g/mol. The molecule has 0 fully saturated rings. The lowest BCUT2D eigenvalue weighted by Gasteiger charge is -2.16. The van der Waals surface area contributed by atoms with Gasteiger partial charge in [-0.15, -0.1) is 0 Å². The Morgan fingerprint density at radius 1 is 1.28 bits per heavy atom. The first-order valence-electron chi connectivity index (χ1n) is 6.30. The summed E-state index contributed by atoms with van der Waals surface area (Å²) in [7, 11) is 0. The average molecular weight is 251 g/mol. The van der Waals surface area contributed by atoms with Crippen molar-refractivity contribution in [3.8, 4) is 5.75 Å². The quantitative estimate of drug-likeness (QED) is 0.810. The van der Waals surface area contributed by atoms with Crippen molar-refractivity contribution in [3.05, 3.63) is 29.8 Å². The standard InChI is InChI=1S/C14H21NO3/c1-3-11(4-2)9-17-13-8-6-5-7-12(13)10-18-14(15)16/h5-8,11H,3-4,9-10H2,1-2H3,(H2,15,16). The lowest BCUT2D eigenvalue weighted by molar-refractivity contribution is 0.147. The first-order chi connectivity index (χ1) is 8.67. The van der Waals surface area contributed by atoms with Crippen molar-refractivity contribution in [3.63, 3.8) is 0 Å². The first-order valence-corrected chi connectivity index (χ1v) is 6.30. The Labute approximate surface area is 108 Å². The van der Waals surface area contributed by atoms with Crippen molar-refractivity contribution >= 4 is 6.09 Å². The summed E-state index contributed by atoms with van der Waals surface area (Å²) < 4.78 is 10.6. The fraction of sp³-hybridized carbons (Fsp3) is 0.500. The van der Waals surface area contributed by atoms with Gasteiger partial charge in [-0.1, -0.05) is 44.9 Å². The minimum absolute atomic E-state index is 0.147. The molecule has 0 aromatic heterocycles. The van der Waals surface area contributed by atoms with Gasteiger partial charge in [0, 0.05) is 5.56 Å². The summed E-state index contributed by atoms with van der Waals surface area (Å²) in [5.41, 5.74) is 5.79. The highest BCUT2D eigenvalue weighted by atomic mass is 16.5. The van der Waals surface area contributed by atoms with Crippen LogP contribution in [-0.2, 0) is 11.3 Å². The lowest BCUT2D eigenvalue weighted by atomic mass is 10.1. The van der Waals surface area contributed by atoms with Crippen LogP contribution in [0.4, 0.5) is 4.79 Å². The van der Waals surface area contributed by atoms with Crippen molar-refractivity contribution in [2.75, 3.05) is 6.61 Å². The van der Waals surface area contributed by atoms with E-state index in [1.165, 1.54) is 0 Å². The largest absolute Gasteiger partial charge is 0.493 e. The van der Waals surface area contributed by atoms with E-state index < -0.39 is 6.09 Å². The second-order valence-corrected chi connectivity index (χ2v) is 4.21. The number of carbonyl (C=O) groups is 1. The minimum Gasteiger partial charge on any atom is -0.493 e. The zero-order chi connectivity index (χ0) is 13.4. The lowest BCUT2D eigenvalue weighted by Crippen LogP contribution is -2.14. The van der Waals surface area contributed by atoms with Crippen LogP contribution in [0.3, 0.4) is 0 Å². The minimum atomic E-state index is -0.773. The summed E-state index contributed by atoms with van der Waals surface area (Å²) in [6.45, 7) is 5.13. The van der Waals surface area contributed by atoms with Crippen LogP contribution in [0, 0.1) is 5.92 Å². The van der Waals surface area contributed by atoms with Crippen molar-refractivity contribution in [1.29, 1.82) is 0 Å². The van der Waals surface area contributed by atoms with Crippen LogP contribution in [0.1, 0.15) is 32.3 Å². The Kier molecular flexibility index (Phi) is 6.05. The second-order valence-electron chi connectivity index (χ2n) is 4.21. The van der Waals surface area contributed by atoms with E-state index in [2.05, 4.69) is 13.8 Å². The maximum absolute atomic E-state index is 10.6. The molecule has 0 spiro atoms. The summed E-state index contributed by atoms with van der Waals surface area (Å²) in [4.78, 5) is 10.6. The SMILES string of the molecule is CCC(CC)COc1ccccc1COC(N)=O. The van der Waals surface area contributed by atoms with Crippen molar-refractivity contribution < 1.29 is 14.3 Å². The van der Waals surface area contributed by atoms with Crippen LogP contribution in [0.5, 0.6) is 5.75 Å². The smallest absolute Gasteiger partial charge is 0.404 e. The molecule has 0 bridgehead atoms. The molecular weight excluding hydrogens is 230 g/mol. The predicted molar refractivity (Wildman–Crippen MR) is 70.4 cm³/mol. The molecular formula is C14H21NO3. The fourth-order valence-electron chi connectivity index (χ4n) is 1.64. The van der Waals surface area contributed by atoms with E-state index in [1.807, 2.05) is 24.3 Å². The Hall–Kier alpha value is -1.71. The van der Waals surface area contributed by atoms with Crippen LogP contribution >= 0.6 is 0 Å². The number of hydrogen-bond donors (Lipinski definition) is 1. The number of rotatable bonds is 7. The van der Waals surface area contributed by atoms with Gasteiger partial charge in [-0.05, 0) is 12.0 Å². The maximum Gasteiger partial charge on any atom is 0.404 e. The molecule has 0 radical (unpaired) electrons. The van der Waals surface area contributed by atoms with Gasteiger partial charge in [0.15, 0.2) is 0 Å². The van der Waals surface area contributed by atoms with E-state index >= 15 is 0 Å². The third kappa shape index (κ3) is 4.65. The molecule has 4 nitrogen and oxygen atoms in total. The van der Waals surface area contributed by atoms with Crippen LogP contribution < -0.4 is 10.5 Å². The Balaban J connectivity index is 2.61. The molecule has 1 aromatic carbocycles. The van der Waals surface area contributed by atoms with Gasteiger partial charge in [-0.2, -0.15) is 0 Å². The van der Waals surface area contributed by atoms with Crippen LogP contribution in [0.2, 0.25) is 0 Å². The van der Waals surface area contributed by atoms with Gasteiger partial charge in [0.25, 0.3) is 0 Å². The van der Waals surface area contributed by atoms with E-state index in [-0.39, 0.29) is 6.61 Å². The fourth-order valence-corrected chi connectivity index (χ4v) is 1.64. The Morgan fingerprint density at radius 3 is 2.56 bits per heavy atom. The van der Waals surface area contributed by atoms with Crippen LogP contribution in [-0.4, -0.2) is 12.7 Å². The molecule has 0 heterocycles. The van der Waals surface area contributed by atoms with Crippen LogP contribution in [0.25, 0.3) is 0 Å². The molecule has 0 saturated heterocycles. The molecule has 0 unspecified atom stereocenters. The third-order valence-corrected chi connectivity index (χ3v) is 2.97. The van der Waals surface area contributed by atoms with E-state index in [9.17, 15) is 4.79 Å². The number of benzene rings is 1. The molecule has 0 atom stereocenters. The predicted octanol–water partition coefficient (Wildman–Crippen LogP) is 3.10. The van der Waals surface area contributed by atoms with Gasteiger partial charge < -0.3 is 15.2 Å². The molecule has 1 amide bonds. The molecule has 0 aliphatic heterocycles. The van der Waals surface area contributed by atoms with Crippen molar-refractivity contribution in [2.45, 2.75) is 33.3 Å². The Bertz CT molecular complexity index is 375. The van der Waals surface area contributed by atoms with E-state index in [0.29, 0.717) is 12.5 Å². The van der Waals surface area contributed by atoms with E-state index in [0.717, 1.165) is 24.2 Å². The molecule has 1 rings (SSSR count). The average Bonchev–Trinajstić information content (AvgIpc) is 2.38. The maximum atomic E-state index is 10.6. The summed E-state index contributed by atoms with van der Waals surface area (Å²) in [6.07, 6.45) is 1.41. The summed E-state index contributed by atoms with van der Waals surface area (Å²) in [5.74, 6) is 1.31. The van der Waals surface area contributed by atoms with E-state index in [1.54, 1.807) is 0 Å². The highest BCUT2D eigenvalue weighted by Gasteiger charge is 2.08. The summed E-state index contributed by atoms with van der Waals surface area (Å²) in [5, 5.41) is 0. The molecule has 2 N–H and O–H groups in total. The highest BCUT2D eigenvalue weighted by molar-refractivity contribution is 5.64. The molecule has 0 aliphatic carbocycles. The zero-order valence-corrected chi connectivity index (χ0v) is 11.0. The summed E-state index contributed by atoms with van der Waals surface area (Å²) in [6, 6.07) is 7.52. The number of hydrogen-bond acceptors (Lipinski definition) is 3. The number of nitrogens with two attached hydrogens (primary N) is 1. The van der Waals surface area contributed by atoms with Gasteiger partial charge in [-0.25, -0.2) is 4.79 Å². The molecule has 4 heteroatoms. The zero-order valence-electron chi connectivity index (χ0n) is 11.0. The van der Waals surface area contributed by atoms with Crippen LogP contribution in [0.15, 0.2) is 24.3 Å². The number of para-hydroxylation sites is 1. The first kappa shape index (κ1) is 14.4. The molecule has 0 aliphatic rings. The molecule has 100 valence electrons. The number of amides is 1. The summed E-state index contributed by atoms with van der Waals surface area (Å²) >= 11 is 0. The van der Waals surface area contributed by atoms with Gasteiger partial charge in [-0.3, -0.25) is 0 Å². The second kappa shape index (κ2) is 7.58.